The van der Waals surface area contributed by atoms with Crippen LogP contribution in [0.3, 0.4) is 0 Å². The van der Waals surface area contributed by atoms with Crippen molar-refractivity contribution in [1.29, 1.82) is 0 Å². The summed E-state index contributed by atoms with van der Waals surface area (Å²) >= 11 is 0. The lowest BCUT2D eigenvalue weighted by Gasteiger charge is -2.37. The highest BCUT2D eigenvalue weighted by atomic mass is 16.7. The van der Waals surface area contributed by atoms with Gasteiger partial charge in [-0.1, -0.05) is 0 Å². The van der Waals surface area contributed by atoms with Crippen molar-refractivity contribution in [3.8, 4) is 0 Å². The fraction of sp³-hybridized carbons (Fsp3) is 1.00. The maximum Gasteiger partial charge on any atom is 0.160 e. The van der Waals surface area contributed by atoms with Gasteiger partial charge in [0.2, 0.25) is 0 Å². The molecule has 0 aliphatic carbocycles. The zero-order chi connectivity index (χ0) is 9.14. The van der Waals surface area contributed by atoms with Crippen molar-refractivity contribution in [1.82, 2.24) is 5.32 Å². The Kier molecular flexibility index (Phi) is 3.46. The molecule has 0 unspecified atom stereocenters. The minimum atomic E-state index is -0.385. The molecule has 0 amide bonds. The van der Waals surface area contributed by atoms with E-state index in [1.807, 2.05) is 14.0 Å². The zero-order valence-corrected chi connectivity index (χ0v) is 7.78. The van der Waals surface area contributed by atoms with E-state index < -0.39 is 0 Å². The molecule has 4 nitrogen and oxygen atoms in total. The highest BCUT2D eigenvalue weighted by molar-refractivity contribution is 4.85. The molecular formula is C8H17NO3. The third kappa shape index (κ3) is 1.95. The van der Waals surface area contributed by atoms with E-state index in [1.165, 1.54) is 0 Å². The molecule has 0 bridgehead atoms. The Morgan fingerprint density at radius 2 is 2.25 bits per heavy atom. The molecule has 1 fully saturated rings. The van der Waals surface area contributed by atoms with Crippen LogP contribution in [0, 0.1) is 0 Å². The van der Waals surface area contributed by atoms with Gasteiger partial charge >= 0.3 is 0 Å². The zero-order valence-electron chi connectivity index (χ0n) is 7.78. The van der Waals surface area contributed by atoms with E-state index >= 15 is 0 Å². The standard InChI is InChI=1S/C8H17NO3/c1-5-8(9-2)6(10)4-7(11-3)12-5/h5-10H,4H2,1-3H3/t5-,6-,7+,8-/m0/s1. The summed E-state index contributed by atoms with van der Waals surface area (Å²) in [6, 6.07) is 0.0106. The van der Waals surface area contributed by atoms with Crippen molar-refractivity contribution in [2.75, 3.05) is 14.2 Å². The number of hydrogen-bond donors (Lipinski definition) is 2. The number of aliphatic hydroxyl groups is 1. The first kappa shape index (κ1) is 9.92. The second kappa shape index (κ2) is 4.18. The number of hydrogen-bond acceptors (Lipinski definition) is 4. The van der Waals surface area contributed by atoms with Crippen LogP contribution in [0.5, 0.6) is 0 Å². The summed E-state index contributed by atoms with van der Waals surface area (Å²) in [6.45, 7) is 1.93. The van der Waals surface area contributed by atoms with Gasteiger partial charge in [0, 0.05) is 13.5 Å². The summed E-state index contributed by atoms with van der Waals surface area (Å²) in [7, 11) is 3.41. The van der Waals surface area contributed by atoms with Gasteiger partial charge in [-0.15, -0.1) is 0 Å². The molecule has 1 heterocycles. The smallest absolute Gasteiger partial charge is 0.160 e. The van der Waals surface area contributed by atoms with Crippen LogP contribution in [0.1, 0.15) is 13.3 Å². The highest BCUT2D eigenvalue weighted by Gasteiger charge is 2.34. The normalized spacial score (nSPS) is 43.0. The van der Waals surface area contributed by atoms with Crippen LogP contribution in [-0.4, -0.2) is 43.8 Å². The predicted molar refractivity (Wildman–Crippen MR) is 44.8 cm³/mol. The summed E-state index contributed by atoms with van der Waals surface area (Å²) in [6.07, 6.45) is -0.126. The van der Waals surface area contributed by atoms with Crippen LogP contribution in [0.15, 0.2) is 0 Å². The number of rotatable bonds is 2. The Bertz CT molecular complexity index is 130. The third-order valence-electron chi connectivity index (χ3n) is 2.32. The van der Waals surface area contributed by atoms with Crippen molar-refractivity contribution < 1.29 is 14.6 Å². The molecule has 12 heavy (non-hydrogen) atoms. The first-order chi connectivity index (χ1) is 5.69. The largest absolute Gasteiger partial charge is 0.391 e. The van der Waals surface area contributed by atoms with Crippen molar-refractivity contribution in [2.24, 2.45) is 0 Å². The monoisotopic (exact) mass is 175 g/mol. The number of aliphatic hydroxyl groups excluding tert-OH is 1. The second-order valence-electron chi connectivity index (χ2n) is 3.12. The molecule has 1 aliphatic heterocycles. The van der Waals surface area contributed by atoms with E-state index in [0.717, 1.165) is 0 Å². The fourth-order valence-corrected chi connectivity index (χ4v) is 1.62. The minimum absolute atomic E-state index is 0.0105. The Labute approximate surface area is 72.9 Å². The van der Waals surface area contributed by atoms with Gasteiger partial charge in [-0.3, -0.25) is 0 Å². The fourth-order valence-electron chi connectivity index (χ4n) is 1.62. The van der Waals surface area contributed by atoms with E-state index in [4.69, 9.17) is 9.47 Å². The highest BCUT2D eigenvalue weighted by Crippen LogP contribution is 2.19. The van der Waals surface area contributed by atoms with Crippen LogP contribution in [-0.2, 0) is 9.47 Å². The molecule has 0 radical (unpaired) electrons. The number of ether oxygens (including phenoxy) is 2. The van der Waals surface area contributed by atoms with Crippen LogP contribution in [0.25, 0.3) is 0 Å². The second-order valence-corrected chi connectivity index (χ2v) is 3.12. The lowest BCUT2D eigenvalue weighted by atomic mass is 10.00. The maximum absolute atomic E-state index is 9.62. The molecule has 1 saturated heterocycles. The lowest BCUT2D eigenvalue weighted by Crippen LogP contribution is -2.53. The maximum atomic E-state index is 9.62. The molecule has 1 rings (SSSR count). The summed E-state index contributed by atoms with van der Waals surface area (Å²) < 4.78 is 10.5. The van der Waals surface area contributed by atoms with Crippen molar-refractivity contribution in [3.63, 3.8) is 0 Å². The van der Waals surface area contributed by atoms with E-state index in [2.05, 4.69) is 5.32 Å². The van der Waals surface area contributed by atoms with Gasteiger partial charge in [0.15, 0.2) is 6.29 Å². The Morgan fingerprint density at radius 3 is 2.67 bits per heavy atom. The van der Waals surface area contributed by atoms with Crippen LogP contribution in [0.2, 0.25) is 0 Å². The van der Waals surface area contributed by atoms with Gasteiger partial charge in [0.1, 0.15) is 0 Å². The minimum Gasteiger partial charge on any atom is -0.391 e. The number of likely N-dealkylation sites (N-methyl/N-ethyl adjacent to an activating group) is 1. The summed E-state index contributed by atoms with van der Waals surface area (Å²) in [4.78, 5) is 0. The molecule has 4 atom stereocenters. The van der Waals surface area contributed by atoms with Gasteiger partial charge in [0.25, 0.3) is 0 Å². The molecule has 1 aliphatic rings. The molecular weight excluding hydrogens is 158 g/mol. The van der Waals surface area contributed by atoms with E-state index in [0.29, 0.717) is 6.42 Å². The van der Waals surface area contributed by atoms with E-state index in [-0.39, 0.29) is 24.5 Å². The van der Waals surface area contributed by atoms with Gasteiger partial charge in [-0.25, -0.2) is 0 Å². The Morgan fingerprint density at radius 1 is 1.58 bits per heavy atom. The predicted octanol–water partition coefficient (Wildman–Crippen LogP) is -0.283. The Hall–Kier alpha value is -0.160. The lowest BCUT2D eigenvalue weighted by molar-refractivity contribution is -0.209. The topological polar surface area (TPSA) is 50.7 Å². The average molecular weight is 175 g/mol. The molecule has 0 spiro atoms. The van der Waals surface area contributed by atoms with Gasteiger partial charge in [-0.05, 0) is 14.0 Å². The van der Waals surface area contributed by atoms with Crippen LogP contribution in [0.4, 0.5) is 0 Å². The van der Waals surface area contributed by atoms with Gasteiger partial charge < -0.3 is 19.9 Å². The van der Waals surface area contributed by atoms with Crippen LogP contribution < -0.4 is 5.32 Å². The third-order valence-corrected chi connectivity index (χ3v) is 2.32. The summed E-state index contributed by atoms with van der Waals surface area (Å²) in [5.74, 6) is 0. The number of nitrogens with one attached hydrogen (secondary N) is 1. The SMILES string of the molecule is CN[C@H]1[C@H](C)O[C@@H](OC)C[C@@H]1O. The summed E-state index contributed by atoms with van der Waals surface area (Å²) in [5, 5.41) is 12.6. The Balaban J connectivity index is 2.51. The van der Waals surface area contributed by atoms with Crippen molar-refractivity contribution >= 4 is 0 Å². The van der Waals surface area contributed by atoms with Crippen LogP contribution >= 0.6 is 0 Å². The average Bonchev–Trinajstić information content (AvgIpc) is 2.03. The first-order valence-electron chi connectivity index (χ1n) is 4.22. The van der Waals surface area contributed by atoms with Gasteiger partial charge in [-0.2, -0.15) is 0 Å². The van der Waals surface area contributed by atoms with E-state index in [9.17, 15) is 5.11 Å². The van der Waals surface area contributed by atoms with Crippen molar-refractivity contribution in [2.45, 2.75) is 37.9 Å². The molecule has 0 aromatic rings. The van der Waals surface area contributed by atoms with Gasteiger partial charge in [0.05, 0.1) is 18.2 Å². The molecule has 2 N–H and O–H groups in total. The molecule has 0 aromatic carbocycles. The van der Waals surface area contributed by atoms with Crippen molar-refractivity contribution in [3.05, 3.63) is 0 Å². The molecule has 0 saturated carbocycles. The number of methoxy groups -OCH3 is 1. The summed E-state index contributed by atoms with van der Waals surface area (Å²) in [5.41, 5.74) is 0. The quantitative estimate of drug-likeness (QED) is 0.606. The molecule has 0 aromatic heterocycles. The first-order valence-corrected chi connectivity index (χ1v) is 4.22. The molecule has 4 heteroatoms. The molecule has 72 valence electrons. The van der Waals surface area contributed by atoms with E-state index in [1.54, 1.807) is 7.11 Å².